The van der Waals surface area contributed by atoms with E-state index in [0.717, 1.165) is 16.8 Å². The molecule has 0 fully saturated rings. The van der Waals surface area contributed by atoms with Crippen molar-refractivity contribution in [3.63, 3.8) is 0 Å². The Kier molecular flexibility index (Phi) is 6.28. The van der Waals surface area contributed by atoms with Crippen LogP contribution in [0.3, 0.4) is 0 Å². The number of aromatic nitrogens is 3. The van der Waals surface area contributed by atoms with Gasteiger partial charge < -0.3 is 4.74 Å². The summed E-state index contributed by atoms with van der Waals surface area (Å²) in [5.74, 6) is -0.755. The Labute approximate surface area is 203 Å². The molecule has 1 atom stereocenters. The maximum atomic E-state index is 13.5. The number of halogens is 3. The van der Waals surface area contributed by atoms with Crippen LogP contribution in [0.5, 0.6) is 0 Å². The molecule has 1 aliphatic rings. The van der Waals surface area contributed by atoms with Crippen molar-refractivity contribution >= 4 is 17.6 Å². The second kappa shape index (κ2) is 9.22. The number of alkyl halides is 3. The predicted octanol–water partition coefficient (Wildman–Crippen LogP) is 4.22. The van der Waals surface area contributed by atoms with E-state index in [2.05, 4.69) is 11.7 Å². The van der Waals surface area contributed by atoms with E-state index in [9.17, 15) is 22.8 Å². The fraction of sp³-hybridized carbons (Fsp3) is 0.200. The van der Waals surface area contributed by atoms with E-state index in [1.54, 1.807) is 19.1 Å². The number of carbonyl (C=O) groups excluding carboxylic acids is 1. The molecule has 8 nitrogen and oxygen atoms in total. The average molecular weight is 495 g/mol. The first-order valence-corrected chi connectivity index (χ1v) is 10.7. The summed E-state index contributed by atoms with van der Waals surface area (Å²) in [7, 11) is 1.40. The molecule has 0 radical (unpaired) electrons. The van der Waals surface area contributed by atoms with Gasteiger partial charge in [-0.2, -0.15) is 18.4 Å². The number of anilines is 2. The molecule has 0 aliphatic carbocycles. The summed E-state index contributed by atoms with van der Waals surface area (Å²) in [5, 5.41) is 13.4. The zero-order valence-electron chi connectivity index (χ0n) is 19.3. The van der Waals surface area contributed by atoms with Crippen LogP contribution in [-0.4, -0.2) is 26.9 Å². The molecule has 0 saturated heterocycles. The first-order valence-electron chi connectivity index (χ1n) is 10.7. The minimum absolute atomic E-state index is 0.0222. The van der Waals surface area contributed by atoms with Crippen LogP contribution >= 0.6 is 0 Å². The Morgan fingerprint density at radius 3 is 2.56 bits per heavy atom. The van der Waals surface area contributed by atoms with Crippen molar-refractivity contribution < 1.29 is 22.7 Å². The Balaban J connectivity index is 2.02. The number of fused-ring (bicyclic) bond motifs is 1. The lowest BCUT2D eigenvalue weighted by atomic mass is 9.93. The van der Waals surface area contributed by atoms with Gasteiger partial charge in [-0.15, -0.1) is 5.10 Å². The van der Waals surface area contributed by atoms with Crippen LogP contribution in [0.15, 0.2) is 77.3 Å². The Bertz CT molecular complexity index is 1480. The number of aryl methyl sites for hydroxylation is 1. The van der Waals surface area contributed by atoms with Crippen molar-refractivity contribution in [3.8, 4) is 6.07 Å². The monoisotopic (exact) mass is 495 g/mol. The van der Waals surface area contributed by atoms with Crippen LogP contribution in [0.4, 0.5) is 24.8 Å². The summed E-state index contributed by atoms with van der Waals surface area (Å²) in [6.45, 7) is 4.96. The standard InChI is InChI=1S/C25H20F3N5O3/c1-4-12-36-22(34)20-15(2)32(19-7-5-6-18(13-19)25(26,27)28)23-30-31(3)24(35)33(23)21(20)17-10-8-16(14-29)9-11-17/h4-11,13,21H,1,12H2,2-3H3. The van der Waals surface area contributed by atoms with Crippen LogP contribution in [-0.2, 0) is 22.8 Å². The number of hydrogen-bond donors (Lipinski definition) is 0. The maximum absolute atomic E-state index is 13.5. The second-order valence-electron chi connectivity index (χ2n) is 7.98. The van der Waals surface area contributed by atoms with Crippen molar-refractivity contribution in [1.29, 1.82) is 5.26 Å². The molecule has 11 heteroatoms. The normalized spacial score (nSPS) is 15.3. The van der Waals surface area contributed by atoms with E-state index >= 15 is 0 Å². The second-order valence-corrected chi connectivity index (χ2v) is 7.98. The lowest BCUT2D eigenvalue weighted by Crippen LogP contribution is -2.38. The molecular formula is C25H20F3N5O3. The Morgan fingerprint density at radius 1 is 1.25 bits per heavy atom. The van der Waals surface area contributed by atoms with E-state index in [4.69, 9.17) is 10.00 Å². The number of benzene rings is 2. The lowest BCUT2D eigenvalue weighted by molar-refractivity contribution is -0.139. The first kappa shape index (κ1) is 24.5. The number of hydrogen-bond acceptors (Lipinski definition) is 6. The quantitative estimate of drug-likeness (QED) is 0.389. The van der Waals surface area contributed by atoms with Crippen LogP contribution in [0.25, 0.3) is 0 Å². The minimum atomic E-state index is -4.61. The van der Waals surface area contributed by atoms with E-state index in [1.807, 2.05) is 6.07 Å². The van der Waals surface area contributed by atoms with Gasteiger partial charge in [-0.3, -0.25) is 4.90 Å². The van der Waals surface area contributed by atoms with Gasteiger partial charge in [-0.1, -0.05) is 30.9 Å². The zero-order chi connectivity index (χ0) is 26.2. The van der Waals surface area contributed by atoms with E-state index in [1.165, 1.54) is 46.9 Å². The highest BCUT2D eigenvalue weighted by atomic mass is 19.4. The lowest BCUT2D eigenvalue weighted by Gasteiger charge is -2.35. The number of carbonyl (C=O) groups is 1. The van der Waals surface area contributed by atoms with Gasteiger partial charge in [-0.05, 0) is 42.8 Å². The maximum Gasteiger partial charge on any atom is 0.416 e. The fourth-order valence-corrected chi connectivity index (χ4v) is 4.10. The molecule has 1 unspecified atom stereocenters. The summed E-state index contributed by atoms with van der Waals surface area (Å²) < 4.78 is 48.0. The largest absolute Gasteiger partial charge is 0.458 e. The van der Waals surface area contributed by atoms with Crippen molar-refractivity contribution in [2.24, 2.45) is 7.05 Å². The molecular weight excluding hydrogens is 475 g/mol. The summed E-state index contributed by atoms with van der Waals surface area (Å²) >= 11 is 0. The van der Waals surface area contributed by atoms with E-state index < -0.39 is 29.4 Å². The number of nitrogens with zero attached hydrogens (tertiary/aromatic N) is 5. The van der Waals surface area contributed by atoms with Crippen LogP contribution < -0.4 is 10.6 Å². The Hall–Kier alpha value is -4.59. The summed E-state index contributed by atoms with van der Waals surface area (Å²) in [6, 6.07) is 11.8. The average Bonchev–Trinajstić information content (AvgIpc) is 3.14. The summed E-state index contributed by atoms with van der Waals surface area (Å²) in [4.78, 5) is 27.8. The van der Waals surface area contributed by atoms with Crippen LogP contribution in [0.2, 0.25) is 0 Å². The van der Waals surface area contributed by atoms with Gasteiger partial charge in [0.05, 0.1) is 22.8 Å². The first-order chi connectivity index (χ1) is 17.1. The number of rotatable bonds is 5. The molecule has 0 amide bonds. The highest BCUT2D eigenvalue weighted by molar-refractivity contribution is 5.93. The van der Waals surface area contributed by atoms with E-state index in [0.29, 0.717) is 11.1 Å². The van der Waals surface area contributed by atoms with Gasteiger partial charge >= 0.3 is 17.8 Å². The van der Waals surface area contributed by atoms with Gasteiger partial charge in [-0.25, -0.2) is 18.8 Å². The predicted molar refractivity (Wildman–Crippen MR) is 124 cm³/mol. The molecule has 0 N–H and O–H groups in total. The smallest absolute Gasteiger partial charge is 0.416 e. The van der Waals surface area contributed by atoms with Crippen molar-refractivity contribution in [1.82, 2.24) is 14.3 Å². The third-order valence-corrected chi connectivity index (χ3v) is 5.73. The third kappa shape index (κ3) is 4.17. The van der Waals surface area contributed by atoms with Gasteiger partial charge in [0, 0.05) is 18.4 Å². The molecule has 184 valence electrons. The Morgan fingerprint density at radius 2 is 1.94 bits per heavy atom. The molecule has 1 aromatic heterocycles. The topological polar surface area (TPSA) is 93.2 Å². The SMILES string of the molecule is C=CCOC(=O)C1=C(C)N(c2cccc(C(F)(F)F)c2)c2nn(C)c(=O)n2C1c1ccc(C#N)cc1. The van der Waals surface area contributed by atoms with Gasteiger partial charge in [0.25, 0.3) is 0 Å². The molecule has 2 heterocycles. The molecule has 0 spiro atoms. The zero-order valence-corrected chi connectivity index (χ0v) is 19.3. The summed E-state index contributed by atoms with van der Waals surface area (Å²) in [5.41, 5.74) is -0.325. The van der Waals surface area contributed by atoms with Gasteiger partial charge in [0.15, 0.2) is 0 Å². The molecule has 2 aromatic carbocycles. The van der Waals surface area contributed by atoms with Crippen LogP contribution in [0, 0.1) is 11.3 Å². The number of nitriles is 1. The highest BCUT2D eigenvalue weighted by Gasteiger charge is 2.40. The molecule has 1 aliphatic heterocycles. The van der Waals surface area contributed by atoms with E-state index in [-0.39, 0.29) is 29.5 Å². The van der Waals surface area contributed by atoms with Crippen LogP contribution in [0.1, 0.15) is 29.7 Å². The van der Waals surface area contributed by atoms with Gasteiger partial charge in [0.2, 0.25) is 5.95 Å². The van der Waals surface area contributed by atoms with Gasteiger partial charge in [0.1, 0.15) is 12.6 Å². The number of ether oxygens (including phenoxy) is 1. The van der Waals surface area contributed by atoms with Crippen molar-refractivity contribution in [3.05, 3.63) is 99.6 Å². The molecule has 3 aromatic rings. The van der Waals surface area contributed by atoms with Crippen molar-refractivity contribution in [2.75, 3.05) is 11.5 Å². The molecule has 0 saturated carbocycles. The fourth-order valence-electron chi connectivity index (χ4n) is 4.10. The third-order valence-electron chi connectivity index (χ3n) is 5.73. The van der Waals surface area contributed by atoms with Crippen molar-refractivity contribution in [2.45, 2.75) is 19.1 Å². The molecule has 0 bridgehead atoms. The number of esters is 1. The summed E-state index contributed by atoms with van der Waals surface area (Å²) in [6.07, 6.45) is -3.23. The highest BCUT2D eigenvalue weighted by Crippen LogP contribution is 2.43. The molecule has 4 rings (SSSR count). The molecule has 36 heavy (non-hydrogen) atoms. The number of allylic oxidation sites excluding steroid dienone is 1. The minimum Gasteiger partial charge on any atom is -0.458 e.